The number of aromatic nitrogens is 1. The second-order valence-corrected chi connectivity index (χ2v) is 8.78. The number of H-pyrrole nitrogens is 1. The van der Waals surface area contributed by atoms with Crippen LogP contribution in [0.5, 0.6) is 0 Å². The first kappa shape index (κ1) is 16.2. The van der Waals surface area contributed by atoms with E-state index in [4.69, 9.17) is 11.6 Å². The van der Waals surface area contributed by atoms with Gasteiger partial charge in [0.2, 0.25) is 0 Å². The van der Waals surface area contributed by atoms with Crippen molar-refractivity contribution in [1.29, 1.82) is 0 Å². The molecule has 4 rings (SSSR count). The Morgan fingerprint density at radius 1 is 1.08 bits per heavy atom. The van der Waals surface area contributed by atoms with Crippen LogP contribution in [0.25, 0.3) is 10.9 Å². The molecule has 0 saturated carbocycles. The average molecular weight is 375 g/mol. The largest absolute Gasteiger partial charge is 0.361 e. The molecule has 0 atom stereocenters. The van der Waals surface area contributed by atoms with Gasteiger partial charge in [-0.3, -0.25) is 4.79 Å². The fourth-order valence-corrected chi connectivity index (χ4v) is 4.76. The van der Waals surface area contributed by atoms with Crippen LogP contribution in [0.2, 0.25) is 5.02 Å². The van der Waals surface area contributed by atoms with Crippen molar-refractivity contribution in [2.24, 2.45) is 0 Å². The number of aromatic amines is 1. The maximum atomic E-state index is 12.6. The minimum atomic E-state index is -3.45. The highest BCUT2D eigenvalue weighted by atomic mass is 35.5. The van der Waals surface area contributed by atoms with Gasteiger partial charge in [0.1, 0.15) is 5.25 Å². The van der Waals surface area contributed by atoms with Gasteiger partial charge in [-0.25, -0.2) is 8.42 Å². The molecular weight excluding hydrogens is 360 g/mol. The van der Waals surface area contributed by atoms with Crippen molar-refractivity contribution in [1.82, 2.24) is 9.88 Å². The van der Waals surface area contributed by atoms with Gasteiger partial charge in [0.25, 0.3) is 5.91 Å². The number of benzene rings is 2. The monoisotopic (exact) mass is 374 g/mol. The fraction of sp³-hybridized carbons (Fsp3) is 0.167. The highest BCUT2D eigenvalue weighted by molar-refractivity contribution is 7.92. The normalized spacial score (nSPS) is 15.3. The molecule has 2 heterocycles. The Bertz CT molecular complexity index is 1050. The van der Waals surface area contributed by atoms with Crippen LogP contribution < -0.4 is 0 Å². The maximum absolute atomic E-state index is 12.6. The van der Waals surface area contributed by atoms with Gasteiger partial charge in [-0.05, 0) is 47.9 Å². The molecule has 2 aromatic carbocycles. The standard InChI is InChI=1S/C18H15ClN2O3S/c19-14-3-5-15(6-4-14)25(23,24)16-10-21(11-16)18(22)13-2-1-12-7-8-20-17(12)9-13/h1-9,16,20H,10-11H2. The van der Waals surface area contributed by atoms with Crippen molar-refractivity contribution in [3.05, 3.63) is 65.3 Å². The maximum Gasteiger partial charge on any atom is 0.254 e. The number of halogens is 1. The Morgan fingerprint density at radius 2 is 1.80 bits per heavy atom. The zero-order chi connectivity index (χ0) is 17.6. The van der Waals surface area contributed by atoms with E-state index in [1.807, 2.05) is 18.3 Å². The molecule has 1 aliphatic heterocycles. The summed E-state index contributed by atoms with van der Waals surface area (Å²) in [5.74, 6) is -0.154. The third-order valence-electron chi connectivity index (χ3n) is 4.52. The lowest BCUT2D eigenvalue weighted by Crippen LogP contribution is -2.56. The van der Waals surface area contributed by atoms with Crippen molar-refractivity contribution < 1.29 is 13.2 Å². The minimum Gasteiger partial charge on any atom is -0.361 e. The molecule has 0 bridgehead atoms. The van der Waals surface area contributed by atoms with Gasteiger partial charge in [0.15, 0.2) is 9.84 Å². The highest BCUT2D eigenvalue weighted by Crippen LogP contribution is 2.26. The summed E-state index contributed by atoms with van der Waals surface area (Å²) in [7, 11) is -3.45. The van der Waals surface area contributed by atoms with Crippen molar-refractivity contribution in [2.45, 2.75) is 10.1 Å². The Labute approximate surface area is 150 Å². The van der Waals surface area contributed by atoms with Gasteiger partial charge in [-0.2, -0.15) is 0 Å². The molecule has 1 aromatic heterocycles. The zero-order valence-electron chi connectivity index (χ0n) is 13.1. The van der Waals surface area contributed by atoms with E-state index in [2.05, 4.69) is 4.98 Å². The lowest BCUT2D eigenvalue weighted by atomic mass is 10.1. The Morgan fingerprint density at radius 3 is 2.52 bits per heavy atom. The number of sulfone groups is 1. The minimum absolute atomic E-state index is 0.154. The molecule has 0 aliphatic carbocycles. The van der Waals surface area contributed by atoms with E-state index in [0.717, 1.165) is 10.9 Å². The number of fused-ring (bicyclic) bond motifs is 1. The zero-order valence-corrected chi connectivity index (χ0v) is 14.7. The lowest BCUT2D eigenvalue weighted by molar-refractivity contribution is 0.0659. The predicted octanol–water partition coefficient (Wildman–Crippen LogP) is 3.12. The van der Waals surface area contributed by atoms with Gasteiger partial charge in [0.05, 0.1) is 4.90 Å². The van der Waals surface area contributed by atoms with E-state index in [9.17, 15) is 13.2 Å². The van der Waals surface area contributed by atoms with Crippen LogP contribution in [-0.2, 0) is 9.84 Å². The summed E-state index contributed by atoms with van der Waals surface area (Å²) >= 11 is 5.80. The summed E-state index contributed by atoms with van der Waals surface area (Å²) in [6, 6.07) is 13.5. The molecule has 0 unspecified atom stereocenters. The summed E-state index contributed by atoms with van der Waals surface area (Å²) in [5.41, 5.74) is 1.44. The average Bonchev–Trinajstić information content (AvgIpc) is 3.01. The fourth-order valence-electron chi connectivity index (χ4n) is 2.98. The number of carbonyl (C=O) groups excluding carboxylic acids is 1. The molecule has 1 amide bonds. The van der Waals surface area contributed by atoms with Crippen molar-refractivity contribution in [3.8, 4) is 0 Å². The van der Waals surface area contributed by atoms with Crippen LogP contribution in [0.4, 0.5) is 0 Å². The lowest BCUT2D eigenvalue weighted by Gasteiger charge is -2.38. The van der Waals surface area contributed by atoms with Crippen molar-refractivity contribution in [3.63, 3.8) is 0 Å². The first-order chi connectivity index (χ1) is 11.9. The molecule has 1 fully saturated rings. The quantitative estimate of drug-likeness (QED) is 0.765. The van der Waals surface area contributed by atoms with Crippen LogP contribution in [0.3, 0.4) is 0 Å². The molecule has 128 valence electrons. The molecule has 25 heavy (non-hydrogen) atoms. The second-order valence-electron chi connectivity index (χ2n) is 6.11. The van der Waals surface area contributed by atoms with E-state index in [1.54, 1.807) is 29.2 Å². The first-order valence-electron chi connectivity index (χ1n) is 7.81. The molecule has 1 saturated heterocycles. The van der Waals surface area contributed by atoms with E-state index in [0.29, 0.717) is 10.6 Å². The van der Waals surface area contributed by atoms with E-state index < -0.39 is 15.1 Å². The summed E-state index contributed by atoms with van der Waals surface area (Å²) in [4.78, 5) is 17.4. The van der Waals surface area contributed by atoms with Crippen LogP contribution in [0.1, 0.15) is 10.4 Å². The summed E-state index contributed by atoms with van der Waals surface area (Å²) in [5, 5.41) is 0.944. The van der Waals surface area contributed by atoms with E-state index >= 15 is 0 Å². The van der Waals surface area contributed by atoms with E-state index in [-0.39, 0.29) is 23.9 Å². The van der Waals surface area contributed by atoms with Crippen LogP contribution in [0.15, 0.2) is 59.6 Å². The smallest absolute Gasteiger partial charge is 0.254 e. The highest BCUT2D eigenvalue weighted by Gasteiger charge is 2.40. The van der Waals surface area contributed by atoms with Crippen LogP contribution in [0, 0.1) is 0 Å². The molecule has 7 heteroatoms. The SMILES string of the molecule is O=C(c1ccc2cc[nH]c2c1)N1CC(S(=O)(=O)c2ccc(Cl)cc2)C1. The number of likely N-dealkylation sites (tertiary alicyclic amines) is 1. The molecule has 1 aliphatic rings. The number of carbonyl (C=O) groups is 1. The van der Waals surface area contributed by atoms with Gasteiger partial charge in [-0.1, -0.05) is 17.7 Å². The van der Waals surface area contributed by atoms with Crippen molar-refractivity contribution in [2.75, 3.05) is 13.1 Å². The molecule has 5 nitrogen and oxygen atoms in total. The number of nitrogens with zero attached hydrogens (tertiary/aromatic N) is 1. The second kappa shape index (κ2) is 5.89. The Hall–Kier alpha value is -2.31. The molecule has 1 N–H and O–H groups in total. The number of nitrogens with one attached hydrogen (secondary N) is 1. The van der Waals surface area contributed by atoms with Gasteiger partial charge in [0, 0.05) is 35.4 Å². The van der Waals surface area contributed by atoms with Gasteiger partial charge < -0.3 is 9.88 Å². The first-order valence-corrected chi connectivity index (χ1v) is 9.73. The third kappa shape index (κ3) is 2.81. The number of hydrogen-bond donors (Lipinski definition) is 1. The third-order valence-corrected chi connectivity index (χ3v) is 6.88. The van der Waals surface area contributed by atoms with Crippen LogP contribution in [-0.4, -0.2) is 42.5 Å². The summed E-state index contributed by atoms with van der Waals surface area (Å²) in [6.07, 6.45) is 1.82. The summed E-state index contributed by atoms with van der Waals surface area (Å²) < 4.78 is 25.2. The molecule has 0 radical (unpaired) electrons. The van der Waals surface area contributed by atoms with E-state index in [1.165, 1.54) is 12.1 Å². The summed E-state index contributed by atoms with van der Waals surface area (Å²) in [6.45, 7) is 0.402. The van der Waals surface area contributed by atoms with Crippen LogP contribution >= 0.6 is 11.6 Å². The Kier molecular flexibility index (Phi) is 3.81. The number of amides is 1. The van der Waals surface area contributed by atoms with Crippen molar-refractivity contribution >= 4 is 38.2 Å². The predicted molar refractivity (Wildman–Crippen MR) is 96.6 cm³/mol. The Balaban J connectivity index is 1.49. The number of hydrogen-bond acceptors (Lipinski definition) is 3. The molecular formula is C18H15ClN2O3S. The number of rotatable bonds is 3. The van der Waals surface area contributed by atoms with Gasteiger partial charge >= 0.3 is 0 Å². The molecule has 0 spiro atoms. The topological polar surface area (TPSA) is 70.2 Å². The van der Waals surface area contributed by atoms with Gasteiger partial charge in [-0.15, -0.1) is 0 Å². The molecule has 3 aromatic rings.